The molecule has 0 radical (unpaired) electrons. The van der Waals surface area contributed by atoms with Crippen LogP contribution in [0.5, 0.6) is 0 Å². The summed E-state index contributed by atoms with van der Waals surface area (Å²) in [4.78, 5) is 11.8. The first-order chi connectivity index (χ1) is 9.10. The molecule has 0 saturated carbocycles. The van der Waals surface area contributed by atoms with Gasteiger partial charge in [-0.05, 0) is 43.4 Å². The number of hydrogen-bond donors (Lipinski definition) is 0. The molecule has 0 atom stereocenters. The highest BCUT2D eigenvalue weighted by Gasteiger charge is 2.10. The first-order valence-electron chi connectivity index (χ1n) is 7.02. The molecule has 0 N–H and O–H groups in total. The molecule has 2 nitrogen and oxygen atoms in total. The van der Waals surface area contributed by atoms with E-state index in [0.717, 1.165) is 42.6 Å². The fourth-order valence-corrected chi connectivity index (χ4v) is 1.82. The van der Waals surface area contributed by atoms with E-state index in [2.05, 4.69) is 13.2 Å². The molecule has 0 aliphatic heterocycles. The van der Waals surface area contributed by atoms with Crippen LogP contribution in [0.4, 0.5) is 0 Å². The summed E-state index contributed by atoms with van der Waals surface area (Å²) in [6.45, 7) is 15.5. The van der Waals surface area contributed by atoms with Crippen molar-refractivity contribution in [3.8, 4) is 0 Å². The Morgan fingerprint density at radius 2 is 2.05 bits per heavy atom. The molecule has 0 aromatic carbocycles. The van der Waals surface area contributed by atoms with E-state index >= 15 is 0 Å². The van der Waals surface area contributed by atoms with Crippen LogP contribution in [0.2, 0.25) is 0 Å². The minimum atomic E-state index is -0.259. The smallest absolute Gasteiger partial charge is 0.343 e. The number of unbranched alkanes of at least 4 members (excludes halogenated alkanes) is 1. The van der Waals surface area contributed by atoms with E-state index in [0.29, 0.717) is 5.56 Å². The summed E-state index contributed by atoms with van der Waals surface area (Å²) in [6, 6.07) is 1.95. The highest BCUT2D eigenvalue weighted by molar-refractivity contribution is 5.64. The van der Waals surface area contributed by atoms with E-state index in [4.69, 9.17) is 4.42 Å². The van der Waals surface area contributed by atoms with Crippen molar-refractivity contribution in [2.24, 2.45) is 0 Å². The molecule has 1 aromatic rings. The van der Waals surface area contributed by atoms with Crippen LogP contribution >= 0.6 is 0 Å². The molecule has 0 aliphatic carbocycles. The first-order valence-corrected chi connectivity index (χ1v) is 7.02. The van der Waals surface area contributed by atoms with E-state index < -0.39 is 0 Å². The number of aryl methyl sites for hydroxylation is 2. The summed E-state index contributed by atoms with van der Waals surface area (Å²) < 4.78 is 5.31. The summed E-state index contributed by atoms with van der Waals surface area (Å²) >= 11 is 0. The van der Waals surface area contributed by atoms with E-state index in [1.54, 1.807) is 0 Å². The fourth-order valence-electron chi connectivity index (χ4n) is 1.82. The van der Waals surface area contributed by atoms with Gasteiger partial charge in [0.25, 0.3) is 0 Å². The van der Waals surface area contributed by atoms with E-state index in [9.17, 15) is 4.79 Å². The Bertz CT molecular complexity index is 467. The molecule has 106 valence electrons. The van der Waals surface area contributed by atoms with Gasteiger partial charge in [0.1, 0.15) is 5.76 Å². The molecule has 0 amide bonds. The Hall–Kier alpha value is -1.57. The molecular formula is C17H26O2. The molecule has 0 spiro atoms. The molecule has 1 aromatic heterocycles. The maximum absolute atomic E-state index is 11.8. The fraction of sp³-hybridized carbons (Fsp3) is 0.471. The van der Waals surface area contributed by atoms with E-state index in [1.807, 2.05) is 39.8 Å². The van der Waals surface area contributed by atoms with Gasteiger partial charge in [-0.1, -0.05) is 33.4 Å². The number of allylic oxidation sites excluding steroid dienone is 2. The third-order valence-electron chi connectivity index (χ3n) is 2.81. The van der Waals surface area contributed by atoms with Crippen molar-refractivity contribution in [2.45, 2.75) is 53.4 Å². The lowest BCUT2D eigenvalue weighted by molar-refractivity contribution is 0.451. The molecule has 1 heterocycles. The summed E-state index contributed by atoms with van der Waals surface area (Å²) in [5.41, 5.74) is 2.18. The molecular weight excluding hydrogens is 236 g/mol. The van der Waals surface area contributed by atoms with Crippen molar-refractivity contribution in [3.63, 3.8) is 0 Å². The van der Waals surface area contributed by atoms with Crippen LogP contribution in [-0.2, 0) is 6.42 Å². The van der Waals surface area contributed by atoms with Gasteiger partial charge in [-0.3, -0.25) is 0 Å². The third-order valence-corrected chi connectivity index (χ3v) is 2.81. The van der Waals surface area contributed by atoms with Crippen LogP contribution in [0, 0.1) is 6.92 Å². The number of rotatable bonds is 6. The second kappa shape index (κ2) is 9.37. The lowest BCUT2D eigenvalue weighted by atomic mass is 10.0. The third kappa shape index (κ3) is 5.29. The van der Waals surface area contributed by atoms with Crippen LogP contribution in [0.1, 0.15) is 56.9 Å². The summed E-state index contributed by atoms with van der Waals surface area (Å²) in [7, 11) is 0. The molecule has 2 heteroatoms. The molecule has 0 unspecified atom stereocenters. The Morgan fingerprint density at radius 1 is 1.42 bits per heavy atom. The maximum atomic E-state index is 11.8. The zero-order chi connectivity index (χ0) is 14.8. The lowest BCUT2D eigenvalue weighted by Gasteiger charge is -2.07. The van der Waals surface area contributed by atoms with Gasteiger partial charge < -0.3 is 4.42 Å². The minimum absolute atomic E-state index is 0.259. The Kier molecular flexibility index (Phi) is 8.60. The predicted octanol–water partition coefficient (Wildman–Crippen LogP) is 4.91. The van der Waals surface area contributed by atoms with Crippen molar-refractivity contribution >= 4 is 5.57 Å². The van der Waals surface area contributed by atoms with Gasteiger partial charge >= 0.3 is 5.63 Å². The maximum Gasteiger partial charge on any atom is 0.343 e. The van der Waals surface area contributed by atoms with Gasteiger partial charge in [0, 0.05) is 6.42 Å². The molecule has 0 aliphatic rings. The van der Waals surface area contributed by atoms with E-state index in [1.165, 1.54) is 0 Å². The highest BCUT2D eigenvalue weighted by Crippen LogP contribution is 2.18. The molecule has 0 bridgehead atoms. The average Bonchev–Trinajstić information content (AvgIpc) is 2.40. The largest absolute Gasteiger partial charge is 0.427 e. The van der Waals surface area contributed by atoms with Crippen LogP contribution in [0.3, 0.4) is 0 Å². The lowest BCUT2D eigenvalue weighted by Crippen LogP contribution is -2.10. The second-order valence-electron chi connectivity index (χ2n) is 4.20. The van der Waals surface area contributed by atoms with Gasteiger partial charge in [0.2, 0.25) is 0 Å². The van der Waals surface area contributed by atoms with Crippen LogP contribution < -0.4 is 5.63 Å². The molecule has 1 rings (SSSR count). The topological polar surface area (TPSA) is 30.2 Å². The van der Waals surface area contributed by atoms with Gasteiger partial charge in [-0.15, -0.1) is 6.58 Å². The van der Waals surface area contributed by atoms with Gasteiger partial charge in [0.05, 0.1) is 5.56 Å². The zero-order valence-corrected chi connectivity index (χ0v) is 12.7. The van der Waals surface area contributed by atoms with Gasteiger partial charge in [-0.2, -0.15) is 0 Å². The standard InChI is InChI=1S/C15H20O2.C2H6/c1-5-7-8-9-13-10-12(4)14(11(3)6-2)15(16)17-13;1-2/h5,10H,1,3,6-9H2,2,4H3;1-2H3. The highest BCUT2D eigenvalue weighted by atomic mass is 16.4. The summed E-state index contributed by atoms with van der Waals surface area (Å²) in [6.07, 6.45) is 5.31. The molecule has 0 saturated heterocycles. The van der Waals surface area contributed by atoms with Crippen molar-refractivity contribution in [1.29, 1.82) is 0 Å². The SMILES string of the molecule is C=CCCCc1cc(C)c(C(=C)CC)c(=O)o1.CC. The Morgan fingerprint density at radius 3 is 2.53 bits per heavy atom. The van der Waals surface area contributed by atoms with Crippen LogP contribution in [0.15, 0.2) is 34.5 Å². The number of hydrogen-bond acceptors (Lipinski definition) is 2. The monoisotopic (exact) mass is 262 g/mol. The van der Waals surface area contributed by atoms with Gasteiger partial charge in [0.15, 0.2) is 0 Å². The minimum Gasteiger partial charge on any atom is -0.427 e. The summed E-state index contributed by atoms with van der Waals surface area (Å²) in [5, 5.41) is 0. The normalized spacial score (nSPS) is 9.47. The molecule has 0 fully saturated rings. The average molecular weight is 262 g/mol. The zero-order valence-electron chi connectivity index (χ0n) is 12.7. The van der Waals surface area contributed by atoms with Crippen molar-refractivity contribution < 1.29 is 4.42 Å². The Balaban J connectivity index is 0.00000154. The first kappa shape index (κ1) is 17.4. The van der Waals surface area contributed by atoms with Crippen molar-refractivity contribution in [1.82, 2.24) is 0 Å². The van der Waals surface area contributed by atoms with E-state index in [-0.39, 0.29) is 5.63 Å². The molecule has 19 heavy (non-hydrogen) atoms. The quantitative estimate of drug-likeness (QED) is 0.539. The summed E-state index contributed by atoms with van der Waals surface area (Å²) in [5.74, 6) is 0.752. The van der Waals surface area contributed by atoms with Crippen LogP contribution in [0.25, 0.3) is 5.57 Å². The van der Waals surface area contributed by atoms with Crippen LogP contribution in [-0.4, -0.2) is 0 Å². The predicted molar refractivity (Wildman–Crippen MR) is 83.5 cm³/mol. The van der Waals surface area contributed by atoms with Crippen molar-refractivity contribution in [2.75, 3.05) is 0 Å². The van der Waals surface area contributed by atoms with Crippen molar-refractivity contribution in [3.05, 3.63) is 52.6 Å². The van der Waals surface area contributed by atoms with Gasteiger partial charge in [-0.25, -0.2) is 4.79 Å². The Labute approximate surface area is 116 Å². The second-order valence-corrected chi connectivity index (χ2v) is 4.20.